The van der Waals surface area contributed by atoms with Crippen LogP contribution in [0.3, 0.4) is 0 Å². The van der Waals surface area contributed by atoms with Crippen molar-refractivity contribution in [3.05, 3.63) is 175 Å². The van der Waals surface area contributed by atoms with E-state index in [1.165, 1.54) is 49.3 Å². The molecular formula is C47H32N2O2. The molecule has 0 aliphatic rings. The number of ether oxygens (including phenoxy) is 1. The maximum Gasteiger partial charge on any atom is 0.143 e. The maximum atomic E-state index is 6.64. The third kappa shape index (κ3) is 4.76. The Hall–Kier alpha value is -6.78. The van der Waals surface area contributed by atoms with Crippen molar-refractivity contribution in [2.75, 3.05) is 5.73 Å². The average Bonchev–Trinajstić information content (AvgIpc) is 3.74. The second kappa shape index (κ2) is 11.7. The third-order valence-electron chi connectivity index (χ3n) is 10.1. The Kier molecular flexibility index (Phi) is 6.68. The van der Waals surface area contributed by atoms with Crippen molar-refractivity contribution >= 4 is 60.2 Å². The predicted octanol–water partition coefficient (Wildman–Crippen LogP) is 12.3. The number of nitrogens with two attached hydrogens (primary N) is 1. The van der Waals surface area contributed by atoms with E-state index < -0.39 is 0 Å². The molecule has 0 aliphatic carbocycles. The molecule has 4 nitrogen and oxygen atoms in total. The van der Waals surface area contributed by atoms with Gasteiger partial charge in [0.15, 0.2) is 0 Å². The molecule has 0 amide bonds. The number of aromatic nitrogens is 1. The summed E-state index contributed by atoms with van der Waals surface area (Å²) in [6.45, 7) is 0.392. The Balaban J connectivity index is 1.09. The number of hydrogen-bond donors (Lipinski definition) is 1. The second-order valence-electron chi connectivity index (χ2n) is 13.1. The van der Waals surface area contributed by atoms with Gasteiger partial charge in [0.1, 0.15) is 23.5 Å². The Morgan fingerprint density at radius 3 is 1.98 bits per heavy atom. The minimum Gasteiger partial charge on any atom is -0.487 e. The highest BCUT2D eigenvalue weighted by atomic mass is 16.5. The lowest BCUT2D eigenvalue weighted by Crippen LogP contribution is -2.00. The molecule has 10 aromatic rings. The van der Waals surface area contributed by atoms with Crippen molar-refractivity contribution in [3.8, 4) is 33.7 Å². The fourth-order valence-corrected chi connectivity index (χ4v) is 7.66. The van der Waals surface area contributed by atoms with Crippen molar-refractivity contribution in [1.29, 1.82) is 0 Å². The van der Waals surface area contributed by atoms with Crippen molar-refractivity contribution in [2.24, 2.45) is 0 Å². The average molecular weight is 657 g/mol. The zero-order chi connectivity index (χ0) is 33.9. The summed E-state index contributed by atoms with van der Waals surface area (Å²) >= 11 is 0. The van der Waals surface area contributed by atoms with Gasteiger partial charge in [0.25, 0.3) is 0 Å². The van der Waals surface area contributed by atoms with Gasteiger partial charge in [-0.3, -0.25) is 0 Å². The van der Waals surface area contributed by atoms with Crippen molar-refractivity contribution < 1.29 is 9.15 Å². The Labute approximate surface area is 294 Å². The number of furan rings is 1. The molecule has 2 heterocycles. The summed E-state index contributed by atoms with van der Waals surface area (Å²) < 4.78 is 14.7. The standard InChI is InChI=1S/C47H32N2O2/c48-46-44(26-25-43-45(46)37-17-9-10-18-42(37)51-43)50-29-30-19-22-34(23-20-30)49-41-24-21-33(31-11-3-1-4-12-31)27-39(41)40-28-38(32-13-5-2-6-14-32)35-15-7-8-16-36(35)47(40)49/h1-28H,29,48H2. The SMILES string of the molecule is Nc1c(OCc2ccc(-n3c4ccc(-c5ccccc5)cc4c4cc(-c5ccccc5)c5ccccc5c43)cc2)ccc2oc3ccccc3c12. The lowest BCUT2D eigenvalue weighted by Gasteiger charge is -2.14. The van der Waals surface area contributed by atoms with Crippen LogP contribution in [0.4, 0.5) is 5.69 Å². The molecule has 8 aromatic carbocycles. The first kappa shape index (κ1) is 29.2. The van der Waals surface area contributed by atoms with Crippen LogP contribution in [0.2, 0.25) is 0 Å². The maximum absolute atomic E-state index is 6.64. The number of rotatable bonds is 6. The Morgan fingerprint density at radius 1 is 0.510 bits per heavy atom. The first-order chi connectivity index (χ1) is 25.2. The van der Waals surface area contributed by atoms with Crippen LogP contribution in [-0.2, 0) is 6.61 Å². The van der Waals surface area contributed by atoms with Crippen LogP contribution in [0.25, 0.3) is 82.5 Å². The van der Waals surface area contributed by atoms with Gasteiger partial charge in [-0.1, -0.05) is 121 Å². The summed E-state index contributed by atoms with van der Waals surface area (Å²) in [5, 5.41) is 6.78. The molecule has 0 spiro atoms. The second-order valence-corrected chi connectivity index (χ2v) is 13.1. The summed E-state index contributed by atoms with van der Waals surface area (Å²) in [5.74, 6) is 0.649. The van der Waals surface area contributed by atoms with Crippen molar-refractivity contribution in [1.82, 2.24) is 4.57 Å². The van der Waals surface area contributed by atoms with Crippen LogP contribution >= 0.6 is 0 Å². The Morgan fingerprint density at radius 2 is 1.20 bits per heavy atom. The summed E-state index contributed by atoms with van der Waals surface area (Å²) in [4.78, 5) is 0. The smallest absolute Gasteiger partial charge is 0.143 e. The minimum absolute atomic E-state index is 0.392. The zero-order valence-electron chi connectivity index (χ0n) is 27.7. The predicted molar refractivity (Wildman–Crippen MR) is 212 cm³/mol. The van der Waals surface area contributed by atoms with Gasteiger partial charge in [-0.2, -0.15) is 0 Å². The molecule has 2 N–H and O–H groups in total. The summed E-state index contributed by atoms with van der Waals surface area (Å²) in [6.07, 6.45) is 0. The first-order valence-electron chi connectivity index (χ1n) is 17.2. The van der Waals surface area contributed by atoms with Gasteiger partial charge in [0, 0.05) is 27.2 Å². The summed E-state index contributed by atoms with van der Waals surface area (Å²) in [6, 6.07) is 59.8. The van der Waals surface area contributed by atoms with Crippen LogP contribution < -0.4 is 10.5 Å². The molecule has 0 bridgehead atoms. The highest BCUT2D eigenvalue weighted by Crippen LogP contribution is 2.43. The van der Waals surface area contributed by atoms with E-state index in [1.54, 1.807) is 0 Å². The van der Waals surface area contributed by atoms with E-state index in [4.69, 9.17) is 14.9 Å². The monoisotopic (exact) mass is 656 g/mol. The van der Waals surface area contributed by atoms with E-state index in [1.807, 2.05) is 36.4 Å². The molecular weight excluding hydrogens is 625 g/mol. The minimum atomic E-state index is 0.392. The number of nitrogen functional groups attached to an aromatic ring is 1. The van der Waals surface area contributed by atoms with E-state index in [9.17, 15) is 0 Å². The molecule has 0 aliphatic heterocycles. The highest BCUT2D eigenvalue weighted by molar-refractivity contribution is 6.22. The molecule has 10 rings (SSSR count). The molecule has 242 valence electrons. The molecule has 0 saturated carbocycles. The molecule has 2 aromatic heterocycles. The number of hydrogen-bond acceptors (Lipinski definition) is 3. The highest BCUT2D eigenvalue weighted by Gasteiger charge is 2.19. The fourth-order valence-electron chi connectivity index (χ4n) is 7.66. The van der Waals surface area contributed by atoms with E-state index in [-0.39, 0.29) is 0 Å². The molecule has 4 heteroatoms. The normalized spacial score (nSPS) is 11.7. The molecule has 0 atom stereocenters. The molecule has 0 saturated heterocycles. The quantitative estimate of drug-likeness (QED) is 0.181. The topological polar surface area (TPSA) is 53.3 Å². The van der Waals surface area contributed by atoms with Crippen LogP contribution in [-0.4, -0.2) is 4.57 Å². The van der Waals surface area contributed by atoms with Crippen LogP contribution in [0.5, 0.6) is 5.75 Å². The van der Waals surface area contributed by atoms with Gasteiger partial charge in [0.05, 0.1) is 22.1 Å². The van der Waals surface area contributed by atoms with Gasteiger partial charge >= 0.3 is 0 Å². The lowest BCUT2D eigenvalue weighted by atomic mass is 9.94. The zero-order valence-corrected chi connectivity index (χ0v) is 27.7. The fraction of sp³-hybridized carbons (Fsp3) is 0.0213. The van der Waals surface area contributed by atoms with Gasteiger partial charge in [-0.25, -0.2) is 0 Å². The molecule has 0 fully saturated rings. The van der Waals surface area contributed by atoms with E-state index in [0.29, 0.717) is 18.0 Å². The van der Waals surface area contributed by atoms with E-state index in [0.717, 1.165) is 38.7 Å². The number of fused-ring (bicyclic) bond motifs is 8. The molecule has 51 heavy (non-hydrogen) atoms. The van der Waals surface area contributed by atoms with Crippen LogP contribution in [0.15, 0.2) is 174 Å². The van der Waals surface area contributed by atoms with Gasteiger partial charge < -0.3 is 19.5 Å². The molecule has 0 unspecified atom stereocenters. The van der Waals surface area contributed by atoms with Crippen molar-refractivity contribution in [3.63, 3.8) is 0 Å². The van der Waals surface area contributed by atoms with Crippen molar-refractivity contribution in [2.45, 2.75) is 6.61 Å². The molecule has 0 radical (unpaired) electrons. The van der Waals surface area contributed by atoms with Crippen LogP contribution in [0.1, 0.15) is 5.56 Å². The number of nitrogens with zero attached hydrogens (tertiary/aromatic N) is 1. The van der Waals surface area contributed by atoms with E-state index in [2.05, 4.69) is 138 Å². The van der Waals surface area contributed by atoms with Gasteiger partial charge in [0.2, 0.25) is 0 Å². The number of benzene rings is 8. The third-order valence-corrected chi connectivity index (χ3v) is 10.1. The lowest BCUT2D eigenvalue weighted by molar-refractivity contribution is 0.308. The summed E-state index contributed by atoms with van der Waals surface area (Å²) in [7, 11) is 0. The van der Waals surface area contributed by atoms with Gasteiger partial charge in [-0.15, -0.1) is 0 Å². The summed E-state index contributed by atoms with van der Waals surface area (Å²) in [5.41, 5.74) is 18.2. The first-order valence-corrected chi connectivity index (χ1v) is 17.2. The van der Waals surface area contributed by atoms with Crippen LogP contribution in [0, 0.1) is 0 Å². The number of para-hydroxylation sites is 1. The number of anilines is 1. The largest absolute Gasteiger partial charge is 0.487 e. The Bertz CT molecular complexity index is 2900. The van der Waals surface area contributed by atoms with E-state index >= 15 is 0 Å². The van der Waals surface area contributed by atoms with Gasteiger partial charge in [-0.05, 0) is 81.7 Å².